The van der Waals surface area contributed by atoms with E-state index in [1.54, 1.807) is 6.07 Å². The van der Waals surface area contributed by atoms with E-state index in [1.165, 1.54) is 12.1 Å². The van der Waals surface area contributed by atoms with Gasteiger partial charge in [0.2, 0.25) is 0 Å². The van der Waals surface area contributed by atoms with Crippen molar-refractivity contribution in [1.82, 2.24) is 0 Å². The molecular weight excluding hydrogens is 312 g/mol. The van der Waals surface area contributed by atoms with Crippen LogP contribution < -0.4 is 15.4 Å². The lowest BCUT2D eigenvalue weighted by Gasteiger charge is -2.32. The molecule has 0 saturated carbocycles. The Hall–Kier alpha value is -1.16. The summed E-state index contributed by atoms with van der Waals surface area (Å²) in [4.78, 5) is 0. The van der Waals surface area contributed by atoms with Gasteiger partial charge >= 0.3 is 17.6 Å². The van der Waals surface area contributed by atoms with Crippen molar-refractivity contribution in [3.8, 4) is 5.75 Å². The predicted octanol–water partition coefficient (Wildman–Crippen LogP) is 1.04. The van der Waals surface area contributed by atoms with Gasteiger partial charge in [0.1, 0.15) is 5.75 Å². The molecule has 6 nitrogen and oxygen atoms in total. The van der Waals surface area contributed by atoms with Gasteiger partial charge in [0.15, 0.2) is 0 Å². The molecule has 0 atom stereocenters. The van der Waals surface area contributed by atoms with Crippen LogP contribution in [0.5, 0.6) is 5.75 Å². The summed E-state index contributed by atoms with van der Waals surface area (Å²) in [5, 5.41) is 0. The Bertz CT molecular complexity index is 661. The number of hydrogen-bond donors (Lipinski definition) is 1. The van der Waals surface area contributed by atoms with Gasteiger partial charge in [-0.1, -0.05) is 9.95 Å². The first-order chi connectivity index (χ1) is 9.93. The smallest absolute Gasteiger partial charge is 0.399 e. The fourth-order valence-electron chi connectivity index (χ4n) is 2.08. The lowest BCUT2D eigenvalue weighted by Crippen LogP contribution is -2.41. The molecule has 1 aliphatic heterocycles. The van der Waals surface area contributed by atoms with Crippen LogP contribution in [0.2, 0.25) is 0 Å². The summed E-state index contributed by atoms with van der Waals surface area (Å²) in [6.07, 6.45) is 0. The zero-order valence-electron chi connectivity index (χ0n) is 12.9. The summed E-state index contributed by atoms with van der Waals surface area (Å²) in [5.74, 6) is -0.171. The fourth-order valence-corrected chi connectivity index (χ4v) is 2.41. The van der Waals surface area contributed by atoms with E-state index in [0.29, 0.717) is 11.0 Å². The monoisotopic (exact) mass is 331 g/mol. The first-order valence-electron chi connectivity index (χ1n) is 6.77. The number of halogens is 1. The van der Waals surface area contributed by atoms with Crippen LogP contribution in [0.3, 0.4) is 0 Å². The van der Waals surface area contributed by atoms with Crippen molar-refractivity contribution in [2.45, 2.75) is 45.4 Å². The molecule has 0 aromatic heterocycles. The molecule has 9 heteroatoms. The van der Waals surface area contributed by atoms with Gasteiger partial charge in [-0.2, -0.15) is 8.42 Å². The fraction of sp³-hybridized carbons (Fsp3) is 0.538. The summed E-state index contributed by atoms with van der Waals surface area (Å²) in [7, 11) is -5.83. The minimum atomic E-state index is -5.11. The van der Waals surface area contributed by atoms with Crippen molar-refractivity contribution in [3.05, 3.63) is 23.8 Å². The molecule has 1 saturated heterocycles. The summed E-state index contributed by atoms with van der Waals surface area (Å²) in [5.41, 5.74) is 5.56. The number of benzene rings is 1. The Balaban J connectivity index is 2.38. The lowest BCUT2D eigenvalue weighted by atomic mass is 9.78. The molecule has 0 bridgehead atoms. The quantitative estimate of drug-likeness (QED) is 0.655. The molecule has 122 valence electrons. The highest BCUT2D eigenvalue weighted by Gasteiger charge is 2.51. The molecule has 0 amide bonds. The molecule has 0 aliphatic carbocycles. The third-order valence-electron chi connectivity index (χ3n) is 3.95. The first-order valence-corrected chi connectivity index (χ1v) is 8.08. The van der Waals surface area contributed by atoms with Gasteiger partial charge in [-0.25, -0.2) is 0 Å². The second-order valence-electron chi connectivity index (χ2n) is 6.18. The molecule has 0 radical (unpaired) electrons. The SMILES string of the molecule is CC1(C)OB(c2cc(CN)cc(OS(=O)(=O)F)c2)OC1(C)C. The van der Waals surface area contributed by atoms with Gasteiger partial charge in [0.25, 0.3) is 0 Å². The number of hydrogen-bond acceptors (Lipinski definition) is 6. The molecule has 1 aromatic rings. The van der Waals surface area contributed by atoms with Crippen molar-refractivity contribution in [2.75, 3.05) is 0 Å². The van der Waals surface area contributed by atoms with Crippen molar-refractivity contribution in [1.29, 1.82) is 0 Å². The summed E-state index contributed by atoms with van der Waals surface area (Å²) in [6.45, 7) is 7.70. The number of rotatable bonds is 4. The Labute approximate surface area is 130 Å². The van der Waals surface area contributed by atoms with E-state index < -0.39 is 28.8 Å². The highest BCUT2D eigenvalue weighted by molar-refractivity contribution is 7.81. The molecule has 2 rings (SSSR count). The van der Waals surface area contributed by atoms with Crippen LogP contribution in [0.15, 0.2) is 18.2 Å². The van der Waals surface area contributed by atoms with E-state index in [9.17, 15) is 12.3 Å². The van der Waals surface area contributed by atoms with Gasteiger partial charge in [-0.15, -0.1) is 0 Å². The summed E-state index contributed by atoms with van der Waals surface area (Å²) < 4.78 is 50.1. The molecule has 1 fully saturated rings. The van der Waals surface area contributed by atoms with Crippen molar-refractivity contribution in [2.24, 2.45) is 5.73 Å². The predicted molar refractivity (Wildman–Crippen MR) is 80.7 cm³/mol. The normalized spacial score (nSPS) is 20.2. The third-order valence-corrected chi connectivity index (χ3v) is 4.34. The largest absolute Gasteiger partial charge is 0.494 e. The third kappa shape index (κ3) is 3.60. The highest BCUT2D eigenvalue weighted by atomic mass is 32.3. The minimum absolute atomic E-state index is 0.135. The second-order valence-corrected chi connectivity index (χ2v) is 7.13. The lowest BCUT2D eigenvalue weighted by molar-refractivity contribution is 0.00578. The maximum absolute atomic E-state index is 12.7. The maximum atomic E-state index is 12.7. The first kappa shape index (κ1) is 17.2. The highest BCUT2D eigenvalue weighted by Crippen LogP contribution is 2.36. The second kappa shape index (κ2) is 5.49. The van der Waals surface area contributed by atoms with Crippen LogP contribution in [0, 0.1) is 0 Å². The van der Waals surface area contributed by atoms with E-state index >= 15 is 0 Å². The molecule has 0 unspecified atom stereocenters. The van der Waals surface area contributed by atoms with Gasteiger partial charge in [-0.3, -0.25) is 0 Å². The van der Waals surface area contributed by atoms with Gasteiger partial charge in [0.05, 0.1) is 11.2 Å². The molecule has 2 N–H and O–H groups in total. The number of nitrogens with two attached hydrogens (primary N) is 1. The van der Waals surface area contributed by atoms with Gasteiger partial charge in [0, 0.05) is 6.54 Å². The average Bonchev–Trinajstić information content (AvgIpc) is 2.56. The Morgan fingerprint density at radius 1 is 1.18 bits per heavy atom. The summed E-state index contributed by atoms with van der Waals surface area (Å²) >= 11 is 0. The molecule has 1 aromatic carbocycles. The van der Waals surface area contributed by atoms with Crippen molar-refractivity contribution in [3.63, 3.8) is 0 Å². The molecule has 1 heterocycles. The van der Waals surface area contributed by atoms with E-state index in [4.69, 9.17) is 15.0 Å². The van der Waals surface area contributed by atoms with E-state index in [0.717, 1.165) is 0 Å². The van der Waals surface area contributed by atoms with Crippen LogP contribution in [0.25, 0.3) is 0 Å². The summed E-state index contributed by atoms with van der Waals surface area (Å²) in [6, 6.07) is 4.42. The zero-order valence-corrected chi connectivity index (χ0v) is 13.7. The van der Waals surface area contributed by atoms with Crippen LogP contribution in [-0.4, -0.2) is 26.7 Å². The van der Waals surface area contributed by atoms with E-state index in [-0.39, 0.29) is 12.3 Å². The minimum Gasteiger partial charge on any atom is -0.399 e. The van der Waals surface area contributed by atoms with E-state index in [1.807, 2.05) is 27.7 Å². The topological polar surface area (TPSA) is 87.9 Å². The maximum Gasteiger partial charge on any atom is 0.494 e. The molecular formula is C13H19BFNO5S. The average molecular weight is 331 g/mol. The van der Waals surface area contributed by atoms with Gasteiger partial charge < -0.3 is 19.2 Å². The van der Waals surface area contributed by atoms with Crippen LogP contribution in [-0.2, 0) is 26.4 Å². The van der Waals surface area contributed by atoms with Crippen LogP contribution in [0.1, 0.15) is 33.3 Å². The molecule has 22 heavy (non-hydrogen) atoms. The van der Waals surface area contributed by atoms with E-state index in [2.05, 4.69) is 4.18 Å². The van der Waals surface area contributed by atoms with Gasteiger partial charge in [-0.05, 0) is 50.9 Å². The van der Waals surface area contributed by atoms with Crippen molar-refractivity contribution < 1.29 is 25.8 Å². The zero-order chi connectivity index (χ0) is 16.8. The Morgan fingerprint density at radius 2 is 1.73 bits per heavy atom. The molecule has 0 spiro atoms. The van der Waals surface area contributed by atoms with Crippen molar-refractivity contribution >= 4 is 23.1 Å². The Kier molecular flexibility index (Phi) is 4.29. The van der Waals surface area contributed by atoms with Crippen LogP contribution in [0.4, 0.5) is 3.89 Å². The van der Waals surface area contributed by atoms with Crippen LogP contribution >= 0.6 is 0 Å². The Morgan fingerprint density at radius 3 is 2.18 bits per heavy atom. The molecule has 1 aliphatic rings. The standard InChI is InChI=1S/C13H19BFNO5S/c1-12(2)13(3,4)21-14(20-12)10-5-9(8-16)6-11(7-10)19-22(15,17)18/h5-7H,8,16H2,1-4H3.